The first kappa shape index (κ1) is 14.7. The lowest BCUT2D eigenvalue weighted by molar-refractivity contribution is -0.118. The number of piperidine rings is 1. The predicted octanol–water partition coefficient (Wildman–Crippen LogP) is 0.381. The standard InChI is InChI=1S/C15H21N5O2/c21-12-18-6-8-19(9-7-18)14-10-13(16-11-17-14)15(22)20-4-2-1-3-5-20/h10-12H,1-9H2. The van der Waals surface area contributed by atoms with Crippen LogP contribution in [0.1, 0.15) is 29.8 Å². The zero-order chi connectivity index (χ0) is 15.4. The Morgan fingerprint density at radius 3 is 2.41 bits per heavy atom. The Morgan fingerprint density at radius 2 is 1.73 bits per heavy atom. The summed E-state index contributed by atoms with van der Waals surface area (Å²) in [6.07, 6.45) is 5.66. The summed E-state index contributed by atoms with van der Waals surface area (Å²) in [7, 11) is 0. The fourth-order valence-corrected chi connectivity index (χ4v) is 2.95. The lowest BCUT2D eigenvalue weighted by atomic mass is 10.1. The van der Waals surface area contributed by atoms with Crippen molar-refractivity contribution in [2.45, 2.75) is 19.3 Å². The largest absolute Gasteiger partial charge is 0.353 e. The molecule has 0 radical (unpaired) electrons. The normalized spacial score (nSPS) is 19.2. The van der Waals surface area contributed by atoms with Gasteiger partial charge in [-0.15, -0.1) is 0 Å². The Morgan fingerprint density at radius 1 is 1.00 bits per heavy atom. The fraction of sp³-hybridized carbons (Fsp3) is 0.600. The van der Waals surface area contributed by atoms with Crippen LogP contribution in [0.25, 0.3) is 0 Å². The van der Waals surface area contributed by atoms with E-state index in [0.29, 0.717) is 18.8 Å². The van der Waals surface area contributed by atoms with Gasteiger partial charge in [0, 0.05) is 45.3 Å². The predicted molar refractivity (Wildman–Crippen MR) is 81.6 cm³/mol. The molecule has 2 amide bonds. The summed E-state index contributed by atoms with van der Waals surface area (Å²) in [6, 6.07) is 1.77. The number of anilines is 1. The van der Waals surface area contributed by atoms with E-state index in [1.165, 1.54) is 12.7 Å². The van der Waals surface area contributed by atoms with E-state index < -0.39 is 0 Å². The van der Waals surface area contributed by atoms with E-state index in [1.54, 1.807) is 11.0 Å². The van der Waals surface area contributed by atoms with Crippen LogP contribution in [0.15, 0.2) is 12.4 Å². The van der Waals surface area contributed by atoms with Crippen molar-refractivity contribution in [1.82, 2.24) is 19.8 Å². The van der Waals surface area contributed by atoms with Crippen LogP contribution in [0.5, 0.6) is 0 Å². The Labute approximate surface area is 129 Å². The molecule has 7 heteroatoms. The van der Waals surface area contributed by atoms with Crippen LogP contribution in [0.4, 0.5) is 5.82 Å². The van der Waals surface area contributed by atoms with Gasteiger partial charge in [0.1, 0.15) is 17.8 Å². The van der Waals surface area contributed by atoms with E-state index >= 15 is 0 Å². The molecule has 118 valence electrons. The maximum Gasteiger partial charge on any atom is 0.272 e. The quantitative estimate of drug-likeness (QED) is 0.755. The molecule has 0 atom stereocenters. The van der Waals surface area contributed by atoms with Gasteiger partial charge in [-0.3, -0.25) is 9.59 Å². The van der Waals surface area contributed by atoms with Crippen molar-refractivity contribution in [1.29, 1.82) is 0 Å². The molecule has 0 saturated carbocycles. The number of rotatable bonds is 3. The minimum Gasteiger partial charge on any atom is -0.353 e. The molecular weight excluding hydrogens is 282 g/mol. The summed E-state index contributed by atoms with van der Waals surface area (Å²) in [5.41, 5.74) is 0.463. The second-order valence-electron chi connectivity index (χ2n) is 5.74. The van der Waals surface area contributed by atoms with Gasteiger partial charge in [0.25, 0.3) is 5.91 Å². The summed E-state index contributed by atoms with van der Waals surface area (Å²) < 4.78 is 0. The molecule has 0 aromatic carbocycles. The first-order valence-corrected chi connectivity index (χ1v) is 7.83. The Kier molecular flexibility index (Phi) is 4.50. The number of amides is 2. The number of carbonyl (C=O) groups is 2. The van der Waals surface area contributed by atoms with Crippen molar-refractivity contribution in [2.24, 2.45) is 0 Å². The van der Waals surface area contributed by atoms with Crippen molar-refractivity contribution < 1.29 is 9.59 Å². The molecule has 3 heterocycles. The topological polar surface area (TPSA) is 69.6 Å². The number of likely N-dealkylation sites (tertiary alicyclic amines) is 1. The van der Waals surface area contributed by atoms with Crippen molar-refractivity contribution in [3.05, 3.63) is 18.1 Å². The maximum atomic E-state index is 12.5. The summed E-state index contributed by atoms with van der Waals surface area (Å²) in [6.45, 7) is 4.46. The third-order valence-electron chi connectivity index (χ3n) is 4.30. The van der Waals surface area contributed by atoms with Gasteiger partial charge in [-0.05, 0) is 19.3 Å². The highest BCUT2D eigenvalue weighted by Crippen LogP contribution is 2.16. The molecule has 2 aliphatic heterocycles. The van der Waals surface area contributed by atoms with Crippen LogP contribution in [-0.2, 0) is 4.79 Å². The number of nitrogens with zero attached hydrogens (tertiary/aromatic N) is 5. The van der Waals surface area contributed by atoms with Gasteiger partial charge in [0.15, 0.2) is 0 Å². The first-order chi connectivity index (χ1) is 10.8. The Balaban J connectivity index is 1.69. The summed E-state index contributed by atoms with van der Waals surface area (Å²) in [4.78, 5) is 37.4. The molecular formula is C15H21N5O2. The van der Waals surface area contributed by atoms with Gasteiger partial charge in [0.2, 0.25) is 6.41 Å². The van der Waals surface area contributed by atoms with E-state index in [-0.39, 0.29) is 5.91 Å². The molecule has 7 nitrogen and oxygen atoms in total. The van der Waals surface area contributed by atoms with E-state index in [0.717, 1.165) is 51.2 Å². The zero-order valence-electron chi connectivity index (χ0n) is 12.6. The molecule has 3 rings (SSSR count). The van der Waals surface area contributed by atoms with Crippen molar-refractivity contribution in [2.75, 3.05) is 44.2 Å². The Bertz CT molecular complexity index is 536. The highest BCUT2D eigenvalue weighted by atomic mass is 16.2. The lowest BCUT2D eigenvalue weighted by Crippen LogP contribution is -2.46. The lowest BCUT2D eigenvalue weighted by Gasteiger charge is -2.33. The minimum absolute atomic E-state index is 0.00474. The van der Waals surface area contributed by atoms with Gasteiger partial charge < -0.3 is 14.7 Å². The van der Waals surface area contributed by atoms with Gasteiger partial charge in [-0.2, -0.15) is 0 Å². The van der Waals surface area contributed by atoms with E-state index in [2.05, 4.69) is 14.9 Å². The fourth-order valence-electron chi connectivity index (χ4n) is 2.95. The molecule has 0 aliphatic carbocycles. The third-order valence-corrected chi connectivity index (χ3v) is 4.30. The molecule has 0 spiro atoms. The van der Waals surface area contributed by atoms with E-state index in [1.807, 2.05) is 4.90 Å². The average molecular weight is 303 g/mol. The molecule has 2 aliphatic rings. The number of piperazine rings is 1. The number of hydrogen-bond donors (Lipinski definition) is 0. The van der Waals surface area contributed by atoms with Crippen LogP contribution in [0, 0.1) is 0 Å². The molecule has 0 N–H and O–H groups in total. The SMILES string of the molecule is O=CN1CCN(c2cc(C(=O)N3CCCCC3)ncn2)CC1. The van der Waals surface area contributed by atoms with E-state index in [4.69, 9.17) is 0 Å². The van der Waals surface area contributed by atoms with Crippen LogP contribution in [0.2, 0.25) is 0 Å². The first-order valence-electron chi connectivity index (χ1n) is 7.83. The van der Waals surface area contributed by atoms with Gasteiger partial charge in [-0.25, -0.2) is 9.97 Å². The molecule has 0 unspecified atom stereocenters. The summed E-state index contributed by atoms with van der Waals surface area (Å²) >= 11 is 0. The molecule has 2 fully saturated rings. The third kappa shape index (κ3) is 3.18. The molecule has 1 aromatic heterocycles. The average Bonchev–Trinajstić information content (AvgIpc) is 2.62. The maximum absolute atomic E-state index is 12.5. The monoisotopic (exact) mass is 303 g/mol. The van der Waals surface area contributed by atoms with Gasteiger partial charge in [-0.1, -0.05) is 0 Å². The molecule has 0 bridgehead atoms. The molecule has 22 heavy (non-hydrogen) atoms. The summed E-state index contributed by atoms with van der Waals surface area (Å²) in [5, 5.41) is 0. The number of aromatic nitrogens is 2. The summed E-state index contributed by atoms with van der Waals surface area (Å²) in [5.74, 6) is 0.760. The van der Waals surface area contributed by atoms with Gasteiger partial charge >= 0.3 is 0 Å². The van der Waals surface area contributed by atoms with Crippen LogP contribution < -0.4 is 4.90 Å². The number of carbonyl (C=O) groups excluding carboxylic acids is 2. The highest BCUT2D eigenvalue weighted by molar-refractivity contribution is 5.93. The van der Waals surface area contributed by atoms with Crippen molar-refractivity contribution in [3.63, 3.8) is 0 Å². The van der Waals surface area contributed by atoms with Crippen LogP contribution in [0.3, 0.4) is 0 Å². The highest BCUT2D eigenvalue weighted by Gasteiger charge is 2.22. The van der Waals surface area contributed by atoms with Crippen LogP contribution >= 0.6 is 0 Å². The molecule has 2 saturated heterocycles. The van der Waals surface area contributed by atoms with Crippen LogP contribution in [-0.4, -0.2) is 71.4 Å². The minimum atomic E-state index is -0.00474. The number of hydrogen-bond acceptors (Lipinski definition) is 5. The molecule has 1 aromatic rings. The smallest absolute Gasteiger partial charge is 0.272 e. The van der Waals surface area contributed by atoms with Crippen molar-refractivity contribution in [3.8, 4) is 0 Å². The Hall–Kier alpha value is -2.18. The van der Waals surface area contributed by atoms with E-state index in [9.17, 15) is 9.59 Å². The second kappa shape index (κ2) is 6.72. The van der Waals surface area contributed by atoms with Gasteiger partial charge in [0.05, 0.1) is 0 Å². The zero-order valence-corrected chi connectivity index (χ0v) is 12.6. The van der Waals surface area contributed by atoms with Crippen molar-refractivity contribution >= 4 is 18.1 Å². The second-order valence-corrected chi connectivity index (χ2v) is 5.74.